The molecule has 0 aliphatic carbocycles. The van der Waals surface area contributed by atoms with E-state index in [2.05, 4.69) is 26.6 Å². The Kier molecular flexibility index (Phi) is 5.13. The first-order valence-electron chi connectivity index (χ1n) is 7.78. The first-order valence-corrected chi connectivity index (χ1v) is 8.58. The lowest BCUT2D eigenvalue weighted by Gasteiger charge is -2.17. The van der Waals surface area contributed by atoms with Gasteiger partial charge in [0.15, 0.2) is 0 Å². The van der Waals surface area contributed by atoms with Crippen molar-refractivity contribution in [2.75, 3.05) is 13.1 Å². The molecular weight excluding hydrogens is 394 g/mol. The van der Waals surface area contributed by atoms with Gasteiger partial charge in [-0.2, -0.15) is 0 Å². The van der Waals surface area contributed by atoms with E-state index >= 15 is 0 Å². The van der Waals surface area contributed by atoms with E-state index in [9.17, 15) is 18.4 Å². The molecule has 0 radical (unpaired) electrons. The van der Waals surface area contributed by atoms with Crippen LogP contribution in [0.2, 0.25) is 0 Å². The standard InChI is InChI=1S/C9H7BrFNO.C9H8FNO/c10-8-4-5(11)3-7-6(8)1-2-12-9(7)13;10-7-2-1-6-3-4-11-9(12)8(6)5-7/h3-4H,1-2H2,(H,12,13);1-2,5H,3-4H2,(H,11,12). The maximum absolute atomic E-state index is 12.9. The molecule has 0 spiro atoms. The molecule has 2 aliphatic rings. The molecule has 25 heavy (non-hydrogen) atoms. The molecular formula is C18H15BrF2N2O2. The van der Waals surface area contributed by atoms with Gasteiger partial charge in [0, 0.05) is 28.7 Å². The van der Waals surface area contributed by atoms with E-state index in [0.29, 0.717) is 28.7 Å². The molecule has 2 heterocycles. The number of fused-ring (bicyclic) bond motifs is 2. The third-order valence-corrected chi connectivity index (χ3v) is 4.77. The van der Waals surface area contributed by atoms with Crippen molar-refractivity contribution in [3.05, 3.63) is 68.7 Å². The smallest absolute Gasteiger partial charge is 0.251 e. The van der Waals surface area contributed by atoms with Crippen molar-refractivity contribution < 1.29 is 18.4 Å². The Morgan fingerprint density at radius 3 is 2.24 bits per heavy atom. The van der Waals surface area contributed by atoms with Crippen LogP contribution in [0.25, 0.3) is 0 Å². The Balaban J connectivity index is 0.000000146. The molecule has 130 valence electrons. The van der Waals surface area contributed by atoms with Gasteiger partial charge < -0.3 is 10.6 Å². The van der Waals surface area contributed by atoms with Crippen LogP contribution in [-0.2, 0) is 12.8 Å². The lowest BCUT2D eigenvalue weighted by Crippen LogP contribution is -2.32. The van der Waals surface area contributed by atoms with Gasteiger partial charge in [0.05, 0.1) is 0 Å². The van der Waals surface area contributed by atoms with Crippen molar-refractivity contribution in [1.82, 2.24) is 10.6 Å². The molecule has 2 N–H and O–H groups in total. The van der Waals surface area contributed by atoms with Gasteiger partial charge in [-0.05, 0) is 48.2 Å². The van der Waals surface area contributed by atoms with Gasteiger partial charge >= 0.3 is 0 Å². The molecule has 2 amide bonds. The highest BCUT2D eigenvalue weighted by molar-refractivity contribution is 9.10. The zero-order valence-electron chi connectivity index (χ0n) is 13.2. The molecule has 4 nitrogen and oxygen atoms in total. The normalized spacial score (nSPS) is 15.2. The van der Waals surface area contributed by atoms with Gasteiger partial charge in [-0.3, -0.25) is 9.59 Å². The van der Waals surface area contributed by atoms with Crippen LogP contribution in [0.15, 0.2) is 34.8 Å². The molecule has 4 rings (SSSR count). The Morgan fingerprint density at radius 2 is 1.48 bits per heavy atom. The second-order valence-electron chi connectivity index (χ2n) is 5.73. The second kappa shape index (κ2) is 7.31. The summed E-state index contributed by atoms with van der Waals surface area (Å²) in [7, 11) is 0. The van der Waals surface area contributed by atoms with Gasteiger partial charge in [0.2, 0.25) is 0 Å². The number of benzene rings is 2. The Bertz CT molecular complexity index is 855. The average Bonchev–Trinajstić information content (AvgIpc) is 2.57. The quantitative estimate of drug-likeness (QED) is 0.703. The highest BCUT2D eigenvalue weighted by Gasteiger charge is 2.19. The van der Waals surface area contributed by atoms with Crippen molar-refractivity contribution in [3.8, 4) is 0 Å². The van der Waals surface area contributed by atoms with Crippen LogP contribution in [0.1, 0.15) is 31.8 Å². The molecule has 0 atom stereocenters. The molecule has 0 fully saturated rings. The van der Waals surface area contributed by atoms with Gasteiger partial charge in [0.1, 0.15) is 11.6 Å². The molecule has 0 saturated carbocycles. The zero-order chi connectivity index (χ0) is 18.0. The topological polar surface area (TPSA) is 58.2 Å². The maximum Gasteiger partial charge on any atom is 0.251 e. The predicted molar refractivity (Wildman–Crippen MR) is 92.6 cm³/mol. The first kappa shape index (κ1) is 17.5. The zero-order valence-corrected chi connectivity index (χ0v) is 14.8. The van der Waals surface area contributed by atoms with Crippen LogP contribution in [0, 0.1) is 11.6 Å². The first-order chi connectivity index (χ1) is 12.0. The van der Waals surface area contributed by atoms with E-state index in [0.717, 1.165) is 24.0 Å². The number of rotatable bonds is 0. The van der Waals surface area contributed by atoms with Gasteiger partial charge in [-0.25, -0.2) is 8.78 Å². The molecule has 2 aliphatic heterocycles. The van der Waals surface area contributed by atoms with Gasteiger partial charge in [0.25, 0.3) is 11.8 Å². The lowest BCUT2D eigenvalue weighted by atomic mass is 10.0. The summed E-state index contributed by atoms with van der Waals surface area (Å²) in [6, 6.07) is 7.00. The fraction of sp³-hybridized carbons (Fsp3) is 0.222. The summed E-state index contributed by atoms with van der Waals surface area (Å²) in [6.45, 7) is 1.27. The maximum atomic E-state index is 12.9. The highest BCUT2D eigenvalue weighted by Crippen LogP contribution is 2.24. The van der Waals surface area contributed by atoms with E-state index in [1.807, 2.05) is 0 Å². The summed E-state index contributed by atoms with van der Waals surface area (Å²) in [5.41, 5.74) is 2.74. The van der Waals surface area contributed by atoms with Gasteiger partial charge in [-0.1, -0.05) is 22.0 Å². The van der Waals surface area contributed by atoms with Gasteiger partial charge in [-0.15, -0.1) is 0 Å². The van der Waals surface area contributed by atoms with Crippen LogP contribution in [0.4, 0.5) is 8.78 Å². The van der Waals surface area contributed by atoms with E-state index in [4.69, 9.17) is 0 Å². The molecule has 2 aromatic rings. The highest BCUT2D eigenvalue weighted by atomic mass is 79.9. The second-order valence-corrected chi connectivity index (χ2v) is 6.58. The van der Waals surface area contributed by atoms with Crippen LogP contribution in [0.5, 0.6) is 0 Å². The number of halogens is 3. The van der Waals surface area contributed by atoms with E-state index in [1.165, 1.54) is 24.3 Å². The Hall–Kier alpha value is -2.28. The Morgan fingerprint density at radius 1 is 0.840 bits per heavy atom. The monoisotopic (exact) mass is 408 g/mol. The van der Waals surface area contributed by atoms with Crippen LogP contribution in [0.3, 0.4) is 0 Å². The molecule has 0 aromatic heterocycles. The third-order valence-electron chi connectivity index (χ3n) is 4.06. The van der Waals surface area contributed by atoms with Crippen molar-refractivity contribution in [3.63, 3.8) is 0 Å². The number of carbonyl (C=O) groups is 2. The molecule has 0 bridgehead atoms. The minimum Gasteiger partial charge on any atom is -0.352 e. The van der Waals surface area contributed by atoms with Crippen molar-refractivity contribution in [2.45, 2.75) is 12.8 Å². The molecule has 0 saturated heterocycles. The number of carbonyl (C=O) groups excluding carboxylic acids is 2. The summed E-state index contributed by atoms with van der Waals surface area (Å²) >= 11 is 3.24. The summed E-state index contributed by atoms with van der Waals surface area (Å²) < 4.78 is 26.3. The number of hydrogen-bond acceptors (Lipinski definition) is 2. The van der Waals surface area contributed by atoms with Crippen molar-refractivity contribution >= 4 is 27.7 Å². The average molecular weight is 409 g/mol. The largest absolute Gasteiger partial charge is 0.352 e. The molecule has 7 heteroatoms. The summed E-state index contributed by atoms with van der Waals surface area (Å²) in [6.07, 6.45) is 1.54. The predicted octanol–water partition coefficient (Wildman–Crippen LogP) is 2.99. The Labute approximate surface area is 151 Å². The van der Waals surface area contributed by atoms with Crippen molar-refractivity contribution in [1.29, 1.82) is 0 Å². The number of hydrogen-bond donors (Lipinski definition) is 2. The fourth-order valence-electron chi connectivity index (χ4n) is 2.84. The molecule has 2 aromatic carbocycles. The summed E-state index contributed by atoms with van der Waals surface area (Å²) in [5.74, 6) is -1.11. The minimum absolute atomic E-state index is 0.171. The van der Waals surface area contributed by atoms with E-state index in [1.54, 1.807) is 6.07 Å². The summed E-state index contributed by atoms with van der Waals surface area (Å²) in [5, 5.41) is 5.33. The third kappa shape index (κ3) is 3.87. The lowest BCUT2D eigenvalue weighted by molar-refractivity contribution is 0.0937. The fourth-order valence-corrected chi connectivity index (χ4v) is 3.47. The molecule has 0 unspecified atom stereocenters. The number of amides is 2. The van der Waals surface area contributed by atoms with Crippen LogP contribution >= 0.6 is 15.9 Å². The van der Waals surface area contributed by atoms with Crippen LogP contribution < -0.4 is 10.6 Å². The van der Waals surface area contributed by atoms with Crippen molar-refractivity contribution in [2.24, 2.45) is 0 Å². The summed E-state index contributed by atoms with van der Waals surface area (Å²) in [4.78, 5) is 22.5. The minimum atomic E-state index is -0.386. The van der Waals surface area contributed by atoms with E-state index in [-0.39, 0.29) is 23.4 Å². The van der Waals surface area contributed by atoms with E-state index < -0.39 is 0 Å². The van der Waals surface area contributed by atoms with Crippen LogP contribution in [-0.4, -0.2) is 24.9 Å². The SMILES string of the molecule is O=C1NCCc2c(Br)cc(F)cc21.O=C1NCCc2ccc(F)cc21. The number of nitrogens with one attached hydrogen (secondary N) is 2.